The lowest BCUT2D eigenvalue weighted by atomic mass is 10.1. The molecule has 0 aliphatic carbocycles. The van der Waals surface area contributed by atoms with Crippen molar-refractivity contribution in [1.29, 1.82) is 0 Å². The van der Waals surface area contributed by atoms with Crippen LogP contribution < -0.4 is 4.74 Å². The summed E-state index contributed by atoms with van der Waals surface area (Å²) in [5, 5.41) is 0. The quantitative estimate of drug-likeness (QED) is 0.513. The second kappa shape index (κ2) is 4.08. The number of hydrogen-bond acceptors (Lipinski definition) is 2. The van der Waals surface area contributed by atoms with Crippen LogP contribution in [0.2, 0.25) is 0 Å². The molecule has 0 radical (unpaired) electrons. The third-order valence-corrected chi connectivity index (χ3v) is 1.92. The molecule has 0 saturated heterocycles. The highest BCUT2D eigenvalue weighted by molar-refractivity contribution is 5.70. The molecule has 0 amide bonds. The molecule has 2 heteroatoms. The maximum Gasteiger partial charge on any atom is 0.308 e. The second-order valence-corrected chi connectivity index (χ2v) is 3.01. The van der Waals surface area contributed by atoms with Crippen molar-refractivity contribution in [2.24, 2.45) is 0 Å². The number of rotatable bonds is 2. The Morgan fingerprint density at radius 3 is 2.69 bits per heavy atom. The highest BCUT2D eigenvalue weighted by Gasteiger charge is 2.06. The van der Waals surface area contributed by atoms with Crippen LogP contribution in [0.4, 0.5) is 0 Å². The molecule has 0 fully saturated rings. The largest absolute Gasteiger partial charge is 0.426 e. The van der Waals surface area contributed by atoms with E-state index in [2.05, 4.69) is 0 Å². The fourth-order valence-electron chi connectivity index (χ4n) is 1.28. The Hall–Kier alpha value is -1.31. The standard InChI is InChI=1S/C11H14O2/c1-4-10-7-5-6-8(2)11(10)13-9(3)12/h5-7H,4H2,1-3H3. The van der Waals surface area contributed by atoms with E-state index in [9.17, 15) is 4.79 Å². The second-order valence-electron chi connectivity index (χ2n) is 3.01. The molecule has 0 bridgehead atoms. The third-order valence-electron chi connectivity index (χ3n) is 1.92. The predicted molar refractivity (Wildman–Crippen MR) is 51.9 cm³/mol. The summed E-state index contributed by atoms with van der Waals surface area (Å²) >= 11 is 0. The van der Waals surface area contributed by atoms with Crippen molar-refractivity contribution in [2.45, 2.75) is 27.2 Å². The summed E-state index contributed by atoms with van der Waals surface area (Å²) < 4.78 is 5.13. The van der Waals surface area contributed by atoms with Gasteiger partial charge in [-0.3, -0.25) is 4.79 Å². The van der Waals surface area contributed by atoms with Gasteiger partial charge in [0.05, 0.1) is 0 Å². The minimum absolute atomic E-state index is 0.260. The molecule has 70 valence electrons. The Bertz CT molecular complexity index is 316. The number of carbonyl (C=O) groups excluding carboxylic acids is 1. The molecule has 0 heterocycles. The lowest BCUT2D eigenvalue weighted by Crippen LogP contribution is -2.05. The first-order valence-corrected chi connectivity index (χ1v) is 4.42. The average molecular weight is 178 g/mol. The highest BCUT2D eigenvalue weighted by atomic mass is 16.5. The van der Waals surface area contributed by atoms with Gasteiger partial charge in [0.25, 0.3) is 0 Å². The van der Waals surface area contributed by atoms with Crippen LogP contribution in [0.1, 0.15) is 25.0 Å². The van der Waals surface area contributed by atoms with Crippen molar-refractivity contribution >= 4 is 5.97 Å². The summed E-state index contributed by atoms with van der Waals surface area (Å²) in [5.74, 6) is 0.460. The highest BCUT2D eigenvalue weighted by Crippen LogP contribution is 2.23. The van der Waals surface area contributed by atoms with Crippen LogP contribution in [0.25, 0.3) is 0 Å². The average Bonchev–Trinajstić information content (AvgIpc) is 2.08. The van der Waals surface area contributed by atoms with Gasteiger partial charge in [-0.25, -0.2) is 0 Å². The van der Waals surface area contributed by atoms with Crippen molar-refractivity contribution in [1.82, 2.24) is 0 Å². The maximum atomic E-state index is 10.8. The Kier molecular flexibility index (Phi) is 3.07. The summed E-state index contributed by atoms with van der Waals surface area (Å²) in [7, 11) is 0. The molecule has 2 nitrogen and oxygen atoms in total. The maximum absolute atomic E-state index is 10.8. The number of ether oxygens (including phenoxy) is 1. The van der Waals surface area contributed by atoms with E-state index in [1.54, 1.807) is 0 Å². The zero-order valence-corrected chi connectivity index (χ0v) is 8.26. The topological polar surface area (TPSA) is 26.3 Å². The molecule has 0 atom stereocenters. The van der Waals surface area contributed by atoms with E-state index < -0.39 is 0 Å². The number of hydrogen-bond donors (Lipinski definition) is 0. The van der Waals surface area contributed by atoms with Crippen molar-refractivity contribution in [3.63, 3.8) is 0 Å². The first-order valence-electron chi connectivity index (χ1n) is 4.42. The van der Waals surface area contributed by atoms with E-state index in [1.165, 1.54) is 6.92 Å². The summed E-state index contributed by atoms with van der Waals surface area (Å²) in [5.41, 5.74) is 2.09. The van der Waals surface area contributed by atoms with Crippen LogP contribution in [0.3, 0.4) is 0 Å². The predicted octanol–water partition coefficient (Wildman–Crippen LogP) is 2.48. The lowest BCUT2D eigenvalue weighted by Gasteiger charge is -2.09. The molecular weight excluding hydrogens is 164 g/mol. The molecule has 0 spiro atoms. The van der Waals surface area contributed by atoms with E-state index in [0.717, 1.165) is 23.3 Å². The molecule has 0 aliphatic heterocycles. The zero-order chi connectivity index (χ0) is 9.84. The fourth-order valence-corrected chi connectivity index (χ4v) is 1.28. The normalized spacial score (nSPS) is 9.77. The smallest absolute Gasteiger partial charge is 0.308 e. The first-order chi connectivity index (χ1) is 6.15. The number of para-hydroxylation sites is 1. The minimum atomic E-state index is -0.260. The van der Waals surface area contributed by atoms with Gasteiger partial charge in [0.2, 0.25) is 0 Å². The van der Waals surface area contributed by atoms with Crippen LogP contribution in [-0.2, 0) is 11.2 Å². The van der Waals surface area contributed by atoms with Crippen molar-refractivity contribution in [2.75, 3.05) is 0 Å². The Balaban J connectivity index is 3.07. The van der Waals surface area contributed by atoms with Gasteiger partial charge in [-0.1, -0.05) is 25.1 Å². The van der Waals surface area contributed by atoms with Crippen molar-refractivity contribution in [3.05, 3.63) is 29.3 Å². The van der Waals surface area contributed by atoms with Crippen LogP contribution in [0.15, 0.2) is 18.2 Å². The van der Waals surface area contributed by atoms with Gasteiger partial charge >= 0.3 is 5.97 Å². The first kappa shape index (κ1) is 9.78. The van der Waals surface area contributed by atoms with Gasteiger partial charge in [-0.05, 0) is 24.5 Å². The van der Waals surface area contributed by atoms with E-state index in [-0.39, 0.29) is 5.97 Å². The van der Waals surface area contributed by atoms with Crippen LogP contribution in [0.5, 0.6) is 5.75 Å². The van der Waals surface area contributed by atoms with Crippen molar-refractivity contribution in [3.8, 4) is 5.75 Å². The Morgan fingerprint density at radius 1 is 1.46 bits per heavy atom. The SMILES string of the molecule is CCc1cccc(C)c1OC(C)=O. The molecule has 1 aromatic rings. The minimum Gasteiger partial charge on any atom is -0.426 e. The van der Waals surface area contributed by atoms with Crippen molar-refractivity contribution < 1.29 is 9.53 Å². The number of aryl methyl sites for hydroxylation is 2. The number of benzene rings is 1. The third kappa shape index (κ3) is 2.31. The molecule has 0 aromatic heterocycles. The van der Waals surface area contributed by atoms with Gasteiger partial charge in [-0.2, -0.15) is 0 Å². The molecule has 0 unspecified atom stereocenters. The molecule has 0 aliphatic rings. The molecule has 1 aromatic carbocycles. The van der Waals surface area contributed by atoms with E-state index >= 15 is 0 Å². The Morgan fingerprint density at radius 2 is 2.15 bits per heavy atom. The molecular formula is C11H14O2. The summed E-state index contributed by atoms with van der Waals surface area (Å²) in [4.78, 5) is 10.8. The summed E-state index contributed by atoms with van der Waals surface area (Å²) in [6, 6.07) is 5.89. The van der Waals surface area contributed by atoms with Crippen LogP contribution in [-0.4, -0.2) is 5.97 Å². The van der Waals surface area contributed by atoms with Gasteiger partial charge in [0.15, 0.2) is 0 Å². The number of carbonyl (C=O) groups is 1. The van der Waals surface area contributed by atoms with Crippen LogP contribution >= 0.6 is 0 Å². The molecule has 13 heavy (non-hydrogen) atoms. The van der Waals surface area contributed by atoms with Gasteiger partial charge in [-0.15, -0.1) is 0 Å². The van der Waals surface area contributed by atoms with Gasteiger partial charge in [0.1, 0.15) is 5.75 Å². The zero-order valence-electron chi connectivity index (χ0n) is 8.26. The molecule has 0 N–H and O–H groups in total. The van der Waals surface area contributed by atoms with E-state index in [0.29, 0.717) is 0 Å². The van der Waals surface area contributed by atoms with E-state index in [4.69, 9.17) is 4.74 Å². The molecule has 0 saturated carbocycles. The Labute approximate surface area is 78.5 Å². The molecule has 1 rings (SSSR count). The summed E-state index contributed by atoms with van der Waals surface area (Å²) in [6.45, 7) is 5.41. The van der Waals surface area contributed by atoms with Crippen LogP contribution in [0, 0.1) is 6.92 Å². The number of esters is 1. The summed E-state index contributed by atoms with van der Waals surface area (Å²) in [6.07, 6.45) is 0.879. The fraction of sp³-hybridized carbons (Fsp3) is 0.364. The van der Waals surface area contributed by atoms with Gasteiger partial charge < -0.3 is 4.74 Å². The lowest BCUT2D eigenvalue weighted by molar-refractivity contribution is -0.131. The monoisotopic (exact) mass is 178 g/mol. The van der Waals surface area contributed by atoms with Gasteiger partial charge in [0, 0.05) is 6.92 Å². The van der Waals surface area contributed by atoms with E-state index in [1.807, 2.05) is 32.0 Å².